The predicted octanol–water partition coefficient (Wildman–Crippen LogP) is 6.15. The highest BCUT2D eigenvalue weighted by Gasteiger charge is 2.27. The van der Waals surface area contributed by atoms with Crippen LogP contribution in [-0.2, 0) is 4.74 Å². The summed E-state index contributed by atoms with van der Waals surface area (Å²) in [5.41, 5.74) is 6.98. The van der Waals surface area contributed by atoms with E-state index in [1.807, 2.05) is 6.20 Å². The summed E-state index contributed by atoms with van der Waals surface area (Å²) in [5.74, 6) is 1.75. The number of fused-ring (bicyclic) bond motifs is 2. The van der Waals surface area contributed by atoms with E-state index in [-0.39, 0.29) is 0 Å². The molecular formula is C30H39N5O2. The molecule has 1 aliphatic carbocycles. The molecule has 2 fully saturated rings. The van der Waals surface area contributed by atoms with Crippen LogP contribution in [0.25, 0.3) is 27.8 Å². The first-order valence-corrected chi connectivity index (χ1v) is 14.0. The molecule has 1 saturated carbocycles. The van der Waals surface area contributed by atoms with Gasteiger partial charge in [-0.25, -0.2) is 9.50 Å². The number of aromatic nitrogens is 4. The fourth-order valence-corrected chi connectivity index (χ4v) is 6.59. The highest BCUT2D eigenvalue weighted by Crippen LogP contribution is 2.41. The maximum atomic E-state index is 5.66. The number of pyridine rings is 1. The summed E-state index contributed by atoms with van der Waals surface area (Å²) in [7, 11) is 1.69. The molecule has 0 radical (unpaired) electrons. The van der Waals surface area contributed by atoms with Gasteiger partial charge in [-0.05, 0) is 79.7 Å². The predicted molar refractivity (Wildman–Crippen MR) is 148 cm³/mol. The maximum Gasteiger partial charge on any atom is 0.197 e. The Morgan fingerprint density at radius 2 is 1.84 bits per heavy atom. The fourth-order valence-electron chi connectivity index (χ4n) is 6.59. The van der Waals surface area contributed by atoms with Gasteiger partial charge in [-0.1, -0.05) is 19.9 Å². The maximum absolute atomic E-state index is 5.66. The highest BCUT2D eigenvalue weighted by atomic mass is 16.5. The Kier molecular flexibility index (Phi) is 6.91. The van der Waals surface area contributed by atoms with E-state index < -0.39 is 0 Å². The van der Waals surface area contributed by atoms with Crippen molar-refractivity contribution >= 4 is 16.6 Å². The Morgan fingerprint density at radius 3 is 2.57 bits per heavy atom. The van der Waals surface area contributed by atoms with Crippen LogP contribution < -0.4 is 4.74 Å². The van der Waals surface area contributed by atoms with Gasteiger partial charge in [0.25, 0.3) is 0 Å². The zero-order chi connectivity index (χ0) is 25.4. The average Bonchev–Trinajstić information content (AvgIpc) is 3.52. The molecule has 4 aromatic rings. The van der Waals surface area contributed by atoms with E-state index in [1.54, 1.807) is 18.0 Å². The smallest absolute Gasteiger partial charge is 0.197 e. The summed E-state index contributed by atoms with van der Waals surface area (Å²) >= 11 is 0. The topological polar surface area (TPSA) is 67.7 Å². The van der Waals surface area contributed by atoms with Gasteiger partial charge >= 0.3 is 0 Å². The zero-order valence-corrected chi connectivity index (χ0v) is 22.4. The largest absolute Gasteiger partial charge is 0.493 e. The van der Waals surface area contributed by atoms with Crippen LogP contribution in [0, 0.1) is 0 Å². The van der Waals surface area contributed by atoms with Crippen molar-refractivity contribution in [2.24, 2.45) is 0 Å². The molecular weight excluding hydrogens is 462 g/mol. The van der Waals surface area contributed by atoms with Gasteiger partial charge in [0.05, 0.1) is 12.8 Å². The van der Waals surface area contributed by atoms with E-state index in [0.29, 0.717) is 11.8 Å². The number of aromatic amines is 1. The summed E-state index contributed by atoms with van der Waals surface area (Å²) in [6.45, 7) is 8.78. The van der Waals surface area contributed by atoms with Crippen molar-refractivity contribution in [2.75, 3.05) is 33.4 Å². The minimum absolute atomic E-state index is 0.378. The number of benzene rings is 1. The minimum atomic E-state index is 0.378. The van der Waals surface area contributed by atoms with Gasteiger partial charge in [-0.3, -0.25) is 0 Å². The second kappa shape index (κ2) is 10.5. The monoisotopic (exact) mass is 501 g/mol. The van der Waals surface area contributed by atoms with Crippen molar-refractivity contribution in [3.05, 3.63) is 47.9 Å². The first-order valence-electron chi connectivity index (χ1n) is 14.0. The van der Waals surface area contributed by atoms with Crippen LogP contribution in [0.2, 0.25) is 0 Å². The average molecular weight is 502 g/mol. The lowest BCUT2D eigenvalue weighted by molar-refractivity contribution is 0.0630. The van der Waals surface area contributed by atoms with E-state index in [9.17, 15) is 0 Å². The summed E-state index contributed by atoms with van der Waals surface area (Å²) in [6.07, 6.45) is 11.1. The molecule has 0 atom stereocenters. The second-order valence-electron chi connectivity index (χ2n) is 11.1. The lowest BCUT2D eigenvalue weighted by Gasteiger charge is -2.38. The molecule has 37 heavy (non-hydrogen) atoms. The Labute approximate surface area is 219 Å². The van der Waals surface area contributed by atoms with Gasteiger partial charge in [-0.15, -0.1) is 0 Å². The number of H-pyrrole nitrogens is 1. The van der Waals surface area contributed by atoms with E-state index in [4.69, 9.17) is 9.47 Å². The van der Waals surface area contributed by atoms with Gasteiger partial charge in [0, 0.05) is 55.0 Å². The Hall–Kier alpha value is -2.90. The molecule has 0 spiro atoms. The van der Waals surface area contributed by atoms with E-state index in [2.05, 4.69) is 58.1 Å². The van der Waals surface area contributed by atoms with Crippen molar-refractivity contribution in [3.8, 4) is 17.0 Å². The lowest BCUT2D eigenvalue weighted by atomic mass is 9.80. The van der Waals surface area contributed by atoms with Crippen LogP contribution in [0.15, 0.2) is 36.8 Å². The first kappa shape index (κ1) is 24.4. The summed E-state index contributed by atoms with van der Waals surface area (Å²) < 4.78 is 13.1. The molecule has 2 aliphatic rings. The standard InChI is InChI=1S/C30H39N5O2/c1-20(2)28-25-16-22(21-6-9-24(10-7-21)34-12-4-14-37-15-5-13-34)8-11-26(25)33-29(28)23-17-27(36-3)30-31-19-32-35(30)18-23/h8,11,16-21,24,33H,4-7,9-10,12-15H2,1-3H3. The number of hydrogen-bond donors (Lipinski definition) is 1. The number of hydrogen-bond acceptors (Lipinski definition) is 5. The van der Waals surface area contributed by atoms with Crippen molar-refractivity contribution < 1.29 is 9.47 Å². The molecule has 0 unspecified atom stereocenters. The van der Waals surface area contributed by atoms with E-state index >= 15 is 0 Å². The van der Waals surface area contributed by atoms with Gasteiger partial charge in [-0.2, -0.15) is 5.10 Å². The fraction of sp³-hybridized carbons (Fsp3) is 0.533. The Bertz CT molecular complexity index is 1360. The van der Waals surface area contributed by atoms with Crippen LogP contribution in [0.4, 0.5) is 0 Å². The van der Waals surface area contributed by atoms with Crippen LogP contribution in [-0.4, -0.2) is 63.9 Å². The molecule has 1 aromatic carbocycles. The van der Waals surface area contributed by atoms with Crippen molar-refractivity contribution in [1.29, 1.82) is 0 Å². The number of ether oxygens (including phenoxy) is 2. The molecule has 6 rings (SSSR count). The molecule has 1 aliphatic heterocycles. The highest BCUT2D eigenvalue weighted by molar-refractivity contribution is 5.92. The molecule has 0 bridgehead atoms. The van der Waals surface area contributed by atoms with Crippen LogP contribution >= 0.6 is 0 Å². The number of nitrogens with zero attached hydrogens (tertiary/aromatic N) is 4. The number of rotatable bonds is 5. The van der Waals surface area contributed by atoms with Crippen LogP contribution in [0.1, 0.15) is 75.3 Å². The zero-order valence-electron chi connectivity index (χ0n) is 22.4. The third-order valence-electron chi connectivity index (χ3n) is 8.44. The quantitative estimate of drug-likeness (QED) is 0.355. The molecule has 0 amide bonds. The van der Waals surface area contributed by atoms with Crippen molar-refractivity contribution in [2.45, 2.75) is 70.3 Å². The van der Waals surface area contributed by atoms with Crippen molar-refractivity contribution in [1.82, 2.24) is 24.5 Å². The lowest BCUT2D eigenvalue weighted by Crippen LogP contribution is -2.40. The summed E-state index contributed by atoms with van der Waals surface area (Å²) in [5, 5.41) is 5.71. The summed E-state index contributed by atoms with van der Waals surface area (Å²) in [6, 6.07) is 9.92. The third-order valence-corrected chi connectivity index (χ3v) is 8.44. The molecule has 4 heterocycles. The van der Waals surface area contributed by atoms with E-state index in [0.717, 1.165) is 41.9 Å². The van der Waals surface area contributed by atoms with Gasteiger partial charge in [0.1, 0.15) is 6.33 Å². The number of methoxy groups -OCH3 is 1. The molecule has 3 aromatic heterocycles. The molecule has 196 valence electrons. The Morgan fingerprint density at radius 1 is 1.05 bits per heavy atom. The molecule has 1 N–H and O–H groups in total. The molecule has 1 saturated heterocycles. The van der Waals surface area contributed by atoms with Crippen LogP contribution in [0.5, 0.6) is 5.75 Å². The normalized spacial score (nSPS) is 21.9. The van der Waals surface area contributed by atoms with Gasteiger partial charge in [0.2, 0.25) is 0 Å². The minimum Gasteiger partial charge on any atom is -0.493 e. The SMILES string of the molecule is COc1cc(-c2[nH]c3ccc(C4CCC(N5CCCOCCC5)CC4)cc3c2C(C)C)cn2ncnc12. The Balaban J connectivity index is 1.28. The third kappa shape index (κ3) is 4.75. The molecule has 7 nitrogen and oxygen atoms in total. The molecule has 7 heteroatoms. The van der Waals surface area contributed by atoms with Gasteiger partial charge in [0.15, 0.2) is 11.4 Å². The van der Waals surface area contributed by atoms with Crippen LogP contribution in [0.3, 0.4) is 0 Å². The number of nitrogens with one attached hydrogen (secondary N) is 1. The van der Waals surface area contributed by atoms with Crippen molar-refractivity contribution in [3.63, 3.8) is 0 Å². The summed E-state index contributed by atoms with van der Waals surface area (Å²) in [4.78, 5) is 10.8. The van der Waals surface area contributed by atoms with E-state index in [1.165, 1.54) is 73.6 Å². The first-order chi connectivity index (χ1) is 18.1. The second-order valence-corrected chi connectivity index (χ2v) is 11.1. The van der Waals surface area contributed by atoms with Gasteiger partial charge < -0.3 is 19.4 Å².